The third kappa shape index (κ3) is 2.60. The summed E-state index contributed by atoms with van der Waals surface area (Å²) < 4.78 is 11.0. The molecule has 0 aliphatic heterocycles. The average Bonchev–Trinajstić information content (AvgIpc) is 2.62. The molecule has 2 aromatic rings. The predicted molar refractivity (Wildman–Crippen MR) is 78.6 cm³/mol. The van der Waals surface area contributed by atoms with Gasteiger partial charge in [0.1, 0.15) is 17.3 Å². The lowest BCUT2D eigenvalue weighted by Crippen LogP contribution is -1.99. The second-order valence-electron chi connectivity index (χ2n) is 4.50. The highest BCUT2D eigenvalue weighted by Crippen LogP contribution is 2.40. The summed E-state index contributed by atoms with van der Waals surface area (Å²) in [4.78, 5) is 0. The molecule has 0 aliphatic rings. The summed E-state index contributed by atoms with van der Waals surface area (Å²) in [5.74, 6) is 2.44. The Morgan fingerprint density at radius 2 is 1.84 bits per heavy atom. The lowest BCUT2D eigenvalue weighted by Gasteiger charge is -2.15. The zero-order chi connectivity index (χ0) is 14.2. The second kappa shape index (κ2) is 5.48. The lowest BCUT2D eigenvalue weighted by atomic mass is 10.00. The van der Waals surface area contributed by atoms with Crippen LogP contribution >= 0.6 is 23.2 Å². The van der Waals surface area contributed by atoms with Crippen molar-refractivity contribution < 1.29 is 9.15 Å². The maximum absolute atomic E-state index is 6.61. The second-order valence-corrected chi connectivity index (χ2v) is 5.37. The summed E-state index contributed by atoms with van der Waals surface area (Å²) in [5.41, 5.74) is 2.91. The molecule has 1 aromatic carbocycles. The number of methoxy groups -OCH3 is 1. The van der Waals surface area contributed by atoms with Crippen LogP contribution in [0.5, 0.6) is 5.75 Å². The standard InChI is InChI=1S/C15H16Cl2O2/c1-8-9(2)19-10(3)14(8)15(17)12-7-11(16)5-6-13(12)18-4/h5-7,15H,1-4H3. The molecule has 0 fully saturated rings. The summed E-state index contributed by atoms with van der Waals surface area (Å²) >= 11 is 12.7. The van der Waals surface area contributed by atoms with Crippen molar-refractivity contribution in [2.24, 2.45) is 0 Å². The molecule has 0 radical (unpaired) electrons. The number of halogens is 2. The molecule has 2 nitrogen and oxygen atoms in total. The molecule has 1 atom stereocenters. The van der Waals surface area contributed by atoms with Gasteiger partial charge < -0.3 is 9.15 Å². The summed E-state index contributed by atoms with van der Waals surface area (Å²) in [5, 5.41) is 0.295. The minimum Gasteiger partial charge on any atom is -0.496 e. The van der Waals surface area contributed by atoms with Gasteiger partial charge in [0.05, 0.1) is 12.5 Å². The van der Waals surface area contributed by atoms with Gasteiger partial charge in [-0.15, -0.1) is 11.6 Å². The van der Waals surface area contributed by atoms with Gasteiger partial charge in [0.25, 0.3) is 0 Å². The number of rotatable bonds is 3. The molecule has 0 saturated carbocycles. The SMILES string of the molecule is COc1ccc(Cl)cc1C(Cl)c1c(C)oc(C)c1C. The van der Waals surface area contributed by atoms with Crippen molar-refractivity contribution in [1.29, 1.82) is 0 Å². The van der Waals surface area contributed by atoms with E-state index >= 15 is 0 Å². The molecule has 1 heterocycles. The van der Waals surface area contributed by atoms with Crippen molar-refractivity contribution in [3.8, 4) is 5.75 Å². The number of hydrogen-bond acceptors (Lipinski definition) is 2. The average molecular weight is 299 g/mol. The summed E-state index contributed by atoms with van der Waals surface area (Å²) in [7, 11) is 1.62. The third-order valence-corrected chi connectivity index (χ3v) is 4.02. The Kier molecular flexibility index (Phi) is 4.12. The van der Waals surface area contributed by atoms with Crippen LogP contribution in [0.1, 0.15) is 33.6 Å². The Morgan fingerprint density at radius 1 is 1.16 bits per heavy atom. The highest BCUT2D eigenvalue weighted by atomic mass is 35.5. The molecular formula is C15H16Cl2O2. The monoisotopic (exact) mass is 298 g/mol. The molecule has 1 aromatic heterocycles. The Labute approximate surface area is 123 Å². The van der Waals surface area contributed by atoms with E-state index in [4.69, 9.17) is 32.4 Å². The minimum absolute atomic E-state index is 0.342. The van der Waals surface area contributed by atoms with Crippen LogP contribution < -0.4 is 4.74 Å². The number of aryl methyl sites for hydroxylation is 2. The molecule has 2 rings (SSSR count). The normalized spacial score (nSPS) is 12.5. The zero-order valence-corrected chi connectivity index (χ0v) is 12.9. The van der Waals surface area contributed by atoms with Crippen LogP contribution in [-0.4, -0.2) is 7.11 Å². The first kappa shape index (κ1) is 14.3. The molecule has 102 valence electrons. The van der Waals surface area contributed by atoms with Gasteiger partial charge in [0.15, 0.2) is 0 Å². The smallest absolute Gasteiger partial charge is 0.124 e. The number of ether oxygens (including phenoxy) is 1. The molecule has 19 heavy (non-hydrogen) atoms. The van der Waals surface area contributed by atoms with Crippen LogP contribution in [0.2, 0.25) is 5.02 Å². The highest BCUT2D eigenvalue weighted by Gasteiger charge is 2.23. The molecule has 0 spiro atoms. The van der Waals surface area contributed by atoms with Gasteiger partial charge in [0.2, 0.25) is 0 Å². The van der Waals surface area contributed by atoms with E-state index in [0.717, 1.165) is 34.0 Å². The van der Waals surface area contributed by atoms with E-state index in [0.29, 0.717) is 5.02 Å². The van der Waals surface area contributed by atoms with E-state index in [-0.39, 0.29) is 5.38 Å². The minimum atomic E-state index is -0.342. The first-order chi connectivity index (χ1) is 8.95. The Hall–Kier alpha value is -1.12. The van der Waals surface area contributed by atoms with Crippen molar-refractivity contribution in [1.82, 2.24) is 0 Å². The quantitative estimate of drug-likeness (QED) is 0.727. The van der Waals surface area contributed by atoms with Crippen LogP contribution in [0.3, 0.4) is 0 Å². The van der Waals surface area contributed by atoms with Crippen molar-refractivity contribution in [2.45, 2.75) is 26.1 Å². The van der Waals surface area contributed by atoms with Crippen molar-refractivity contribution >= 4 is 23.2 Å². The molecule has 0 aliphatic carbocycles. The van der Waals surface area contributed by atoms with E-state index in [1.54, 1.807) is 13.2 Å². The Balaban J connectivity index is 2.55. The largest absolute Gasteiger partial charge is 0.496 e. The van der Waals surface area contributed by atoms with E-state index < -0.39 is 0 Å². The van der Waals surface area contributed by atoms with Crippen LogP contribution in [0.4, 0.5) is 0 Å². The molecule has 1 unspecified atom stereocenters. The van der Waals surface area contributed by atoms with Crippen molar-refractivity contribution in [2.75, 3.05) is 7.11 Å². The van der Waals surface area contributed by atoms with Crippen molar-refractivity contribution in [3.63, 3.8) is 0 Å². The molecule has 0 N–H and O–H groups in total. The molecule has 0 amide bonds. The van der Waals surface area contributed by atoms with E-state index in [1.807, 2.05) is 32.9 Å². The molecule has 0 saturated heterocycles. The van der Waals surface area contributed by atoms with Gasteiger partial charge in [-0.2, -0.15) is 0 Å². The van der Waals surface area contributed by atoms with Crippen LogP contribution in [0.15, 0.2) is 22.6 Å². The fourth-order valence-electron chi connectivity index (χ4n) is 2.24. The zero-order valence-electron chi connectivity index (χ0n) is 11.4. The van der Waals surface area contributed by atoms with E-state index in [2.05, 4.69) is 0 Å². The molecule has 4 heteroatoms. The number of hydrogen-bond donors (Lipinski definition) is 0. The van der Waals surface area contributed by atoms with Gasteiger partial charge in [-0.3, -0.25) is 0 Å². The van der Waals surface area contributed by atoms with Gasteiger partial charge in [-0.25, -0.2) is 0 Å². The first-order valence-corrected chi connectivity index (χ1v) is 6.81. The van der Waals surface area contributed by atoms with Gasteiger partial charge in [0, 0.05) is 16.1 Å². The van der Waals surface area contributed by atoms with Gasteiger partial charge in [-0.05, 0) is 44.5 Å². The van der Waals surface area contributed by atoms with E-state index in [1.165, 1.54) is 0 Å². The van der Waals surface area contributed by atoms with Gasteiger partial charge >= 0.3 is 0 Å². The fourth-order valence-corrected chi connectivity index (χ4v) is 2.91. The Bertz CT molecular complexity index is 602. The summed E-state index contributed by atoms with van der Waals surface area (Å²) in [6, 6.07) is 5.44. The maximum atomic E-state index is 6.61. The highest BCUT2D eigenvalue weighted by molar-refractivity contribution is 6.31. The fraction of sp³-hybridized carbons (Fsp3) is 0.333. The van der Waals surface area contributed by atoms with E-state index in [9.17, 15) is 0 Å². The predicted octanol–water partition coefficient (Wildman–Crippen LogP) is 5.20. The summed E-state index contributed by atoms with van der Waals surface area (Å²) in [6.45, 7) is 5.86. The van der Waals surface area contributed by atoms with Crippen molar-refractivity contribution in [3.05, 3.63) is 51.4 Å². The van der Waals surface area contributed by atoms with Crippen LogP contribution in [0.25, 0.3) is 0 Å². The van der Waals surface area contributed by atoms with Gasteiger partial charge in [-0.1, -0.05) is 11.6 Å². The van der Waals surface area contributed by atoms with Crippen LogP contribution in [0, 0.1) is 20.8 Å². The number of alkyl halides is 1. The number of benzene rings is 1. The topological polar surface area (TPSA) is 22.4 Å². The lowest BCUT2D eigenvalue weighted by molar-refractivity contribution is 0.410. The third-order valence-electron chi connectivity index (χ3n) is 3.34. The first-order valence-electron chi connectivity index (χ1n) is 5.99. The Morgan fingerprint density at radius 3 is 2.37 bits per heavy atom. The van der Waals surface area contributed by atoms with Crippen LogP contribution in [-0.2, 0) is 0 Å². The molecular weight excluding hydrogens is 283 g/mol. The maximum Gasteiger partial charge on any atom is 0.124 e. The molecule has 0 bridgehead atoms. The summed E-state index contributed by atoms with van der Waals surface area (Å²) in [6.07, 6.45) is 0. The number of furan rings is 1.